The van der Waals surface area contributed by atoms with E-state index in [-0.39, 0.29) is 11.3 Å². The Kier molecular flexibility index (Phi) is 3.22. The average molecular weight is 212 g/mol. The molecule has 15 heavy (non-hydrogen) atoms. The summed E-state index contributed by atoms with van der Waals surface area (Å²) < 4.78 is 12.6. The van der Waals surface area contributed by atoms with Gasteiger partial charge in [-0.15, -0.1) is 0 Å². The number of hydrogen-bond acceptors (Lipinski definition) is 3. The number of nitrogens with two attached hydrogens (primary N) is 1. The first-order valence-corrected chi connectivity index (χ1v) is 4.05. The van der Waals surface area contributed by atoms with E-state index < -0.39 is 24.2 Å². The number of nitrogens with one attached hydrogen (secondary N) is 1. The molecular weight excluding hydrogens is 203 g/mol. The number of amides is 1. The third-order valence-electron chi connectivity index (χ3n) is 1.66. The zero-order valence-electron chi connectivity index (χ0n) is 7.66. The number of aliphatic carboxylic acids is 1. The van der Waals surface area contributed by atoms with Crippen molar-refractivity contribution < 1.29 is 19.1 Å². The molecule has 1 rings (SSSR count). The minimum absolute atomic E-state index is 0.0297. The van der Waals surface area contributed by atoms with Gasteiger partial charge in [0.15, 0.2) is 0 Å². The molecule has 6 heteroatoms. The molecule has 0 fully saturated rings. The topological polar surface area (TPSA) is 92.4 Å². The van der Waals surface area contributed by atoms with Crippen LogP contribution in [0.1, 0.15) is 10.4 Å². The molecule has 0 saturated carbocycles. The minimum atomic E-state index is -1.16. The standard InChI is InChI=1S/C9H9FN2O3/c10-5-1-2-6(7(11)3-5)9(15)12-4-8(13)14/h1-3H,4,11H2,(H,12,15)(H,13,14). The summed E-state index contributed by atoms with van der Waals surface area (Å²) in [5.74, 6) is -2.36. The second-order valence-corrected chi connectivity index (χ2v) is 2.81. The number of halogens is 1. The van der Waals surface area contributed by atoms with Gasteiger partial charge in [-0.1, -0.05) is 0 Å². The normalized spacial score (nSPS) is 9.67. The van der Waals surface area contributed by atoms with E-state index in [0.717, 1.165) is 12.1 Å². The fraction of sp³-hybridized carbons (Fsp3) is 0.111. The molecule has 1 amide bonds. The summed E-state index contributed by atoms with van der Waals surface area (Å²) in [6.45, 7) is -0.504. The first-order chi connectivity index (χ1) is 7.00. The van der Waals surface area contributed by atoms with Crippen molar-refractivity contribution in [3.8, 4) is 0 Å². The Morgan fingerprint density at radius 1 is 1.47 bits per heavy atom. The number of carbonyl (C=O) groups excluding carboxylic acids is 1. The van der Waals surface area contributed by atoms with Crippen LogP contribution in [-0.4, -0.2) is 23.5 Å². The van der Waals surface area contributed by atoms with E-state index in [0.29, 0.717) is 0 Å². The molecule has 0 radical (unpaired) electrons. The maximum atomic E-state index is 12.6. The molecule has 0 aliphatic heterocycles. The molecule has 80 valence electrons. The number of carbonyl (C=O) groups is 2. The molecule has 0 aromatic heterocycles. The SMILES string of the molecule is Nc1cc(F)ccc1C(=O)NCC(=O)O. The third kappa shape index (κ3) is 2.94. The summed E-state index contributed by atoms with van der Waals surface area (Å²) >= 11 is 0. The highest BCUT2D eigenvalue weighted by Gasteiger charge is 2.10. The van der Waals surface area contributed by atoms with Gasteiger partial charge in [-0.3, -0.25) is 9.59 Å². The highest BCUT2D eigenvalue weighted by Crippen LogP contribution is 2.12. The summed E-state index contributed by atoms with van der Waals surface area (Å²) in [7, 11) is 0. The molecule has 0 aliphatic rings. The lowest BCUT2D eigenvalue weighted by Crippen LogP contribution is -2.29. The largest absolute Gasteiger partial charge is 0.480 e. The van der Waals surface area contributed by atoms with E-state index in [9.17, 15) is 14.0 Å². The molecule has 1 aromatic carbocycles. The molecular formula is C9H9FN2O3. The molecule has 0 spiro atoms. The lowest BCUT2D eigenvalue weighted by molar-refractivity contribution is -0.135. The second kappa shape index (κ2) is 4.41. The summed E-state index contributed by atoms with van der Waals surface area (Å²) in [4.78, 5) is 21.5. The Morgan fingerprint density at radius 3 is 2.67 bits per heavy atom. The molecule has 0 atom stereocenters. The first-order valence-electron chi connectivity index (χ1n) is 4.05. The van der Waals surface area contributed by atoms with Crippen molar-refractivity contribution in [3.05, 3.63) is 29.6 Å². The number of benzene rings is 1. The van der Waals surface area contributed by atoms with Crippen LogP contribution in [0.5, 0.6) is 0 Å². The van der Waals surface area contributed by atoms with E-state index in [4.69, 9.17) is 10.8 Å². The Hall–Kier alpha value is -2.11. The van der Waals surface area contributed by atoms with Gasteiger partial charge in [0, 0.05) is 5.69 Å². The number of hydrogen-bond donors (Lipinski definition) is 3. The van der Waals surface area contributed by atoms with Gasteiger partial charge < -0.3 is 16.2 Å². The van der Waals surface area contributed by atoms with Crippen molar-refractivity contribution in [2.45, 2.75) is 0 Å². The fourth-order valence-corrected chi connectivity index (χ4v) is 0.991. The van der Waals surface area contributed by atoms with Gasteiger partial charge in [0.05, 0.1) is 5.56 Å². The smallest absolute Gasteiger partial charge is 0.322 e. The predicted molar refractivity (Wildman–Crippen MR) is 50.8 cm³/mol. The molecule has 1 aromatic rings. The van der Waals surface area contributed by atoms with Gasteiger partial charge >= 0.3 is 5.97 Å². The Labute approximate surface area is 84.7 Å². The van der Waals surface area contributed by atoms with Gasteiger partial charge in [-0.2, -0.15) is 0 Å². The lowest BCUT2D eigenvalue weighted by Gasteiger charge is -2.05. The van der Waals surface area contributed by atoms with Crippen molar-refractivity contribution in [3.63, 3.8) is 0 Å². The maximum absolute atomic E-state index is 12.6. The number of carboxylic acid groups (broad SMARTS) is 1. The van der Waals surface area contributed by atoms with Crippen molar-refractivity contribution in [1.82, 2.24) is 5.32 Å². The first kappa shape index (κ1) is 11.0. The van der Waals surface area contributed by atoms with Crippen LogP contribution in [-0.2, 0) is 4.79 Å². The Bertz CT molecular complexity index is 406. The van der Waals surface area contributed by atoms with Gasteiger partial charge in [-0.05, 0) is 18.2 Å². The van der Waals surface area contributed by atoms with E-state index in [1.54, 1.807) is 0 Å². The van der Waals surface area contributed by atoms with Crippen LogP contribution in [0.2, 0.25) is 0 Å². The predicted octanol–water partition coefficient (Wildman–Crippen LogP) is 0.222. The second-order valence-electron chi connectivity index (χ2n) is 2.81. The van der Waals surface area contributed by atoms with E-state index >= 15 is 0 Å². The third-order valence-corrected chi connectivity index (χ3v) is 1.66. The van der Waals surface area contributed by atoms with Gasteiger partial charge in [0.25, 0.3) is 5.91 Å². The molecule has 0 unspecified atom stereocenters. The minimum Gasteiger partial charge on any atom is -0.480 e. The maximum Gasteiger partial charge on any atom is 0.322 e. The number of carboxylic acids is 1. The van der Waals surface area contributed by atoms with Crippen LogP contribution in [0.25, 0.3) is 0 Å². The highest BCUT2D eigenvalue weighted by molar-refractivity contribution is 6.00. The van der Waals surface area contributed by atoms with Crippen molar-refractivity contribution in [2.75, 3.05) is 12.3 Å². The summed E-state index contributed by atoms with van der Waals surface area (Å²) in [6.07, 6.45) is 0. The molecule has 4 N–H and O–H groups in total. The zero-order chi connectivity index (χ0) is 11.4. The number of nitrogen functional groups attached to an aromatic ring is 1. The van der Waals surface area contributed by atoms with Crippen molar-refractivity contribution >= 4 is 17.6 Å². The molecule has 0 bridgehead atoms. The summed E-state index contributed by atoms with van der Waals surface area (Å²) in [5, 5.41) is 10.4. The molecule has 0 heterocycles. The molecule has 5 nitrogen and oxygen atoms in total. The Morgan fingerprint density at radius 2 is 2.13 bits per heavy atom. The summed E-state index contributed by atoms with van der Waals surface area (Å²) in [5.41, 5.74) is 5.40. The van der Waals surface area contributed by atoms with Crippen LogP contribution < -0.4 is 11.1 Å². The fourth-order valence-electron chi connectivity index (χ4n) is 0.991. The van der Waals surface area contributed by atoms with E-state index in [1.807, 2.05) is 0 Å². The van der Waals surface area contributed by atoms with Crippen molar-refractivity contribution in [2.24, 2.45) is 0 Å². The zero-order valence-corrected chi connectivity index (χ0v) is 7.66. The van der Waals surface area contributed by atoms with Crippen molar-refractivity contribution in [1.29, 1.82) is 0 Å². The summed E-state index contributed by atoms with van der Waals surface area (Å²) in [6, 6.07) is 3.27. The van der Waals surface area contributed by atoms with Crippen LogP contribution in [0.3, 0.4) is 0 Å². The van der Waals surface area contributed by atoms with Crippen LogP contribution >= 0.6 is 0 Å². The monoisotopic (exact) mass is 212 g/mol. The van der Waals surface area contributed by atoms with Gasteiger partial charge in [0.2, 0.25) is 0 Å². The van der Waals surface area contributed by atoms with Crippen LogP contribution in [0, 0.1) is 5.82 Å². The quantitative estimate of drug-likeness (QED) is 0.625. The van der Waals surface area contributed by atoms with E-state index in [1.165, 1.54) is 6.07 Å². The number of rotatable bonds is 3. The Balaban J connectivity index is 2.78. The average Bonchev–Trinajstić information content (AvgIpc) is 2.14. The lowest BCUT2D eigenvalue weighted by atomic mass is 10.1. The van der Waals surface area contributed by atoms with Crippen LogP contribution in [0.4, 0.5) is 10.1 Å². The number of anilines is 1. The highest BCUT2D eigenvalue weighted by atomic mass is 19.1. The molecule has 0 aliphatic carbocycles. The van der Waals surface area contributed by atoms with Gasteiger partial charge in [-0.25, -0.2) is 4.39 Å². The van der Waals surface area contributed by atoms with E-state index in [2.05, 4.69) is 5.32 Å². The van der Waals surface area contributed by atoms with Crippen LogP contribution in [0.15, 0.2) is 18.2 Å². The molecule has 0 saturated heterocycles. The van der Waals surface area contributed by atoms with Gasteiger partial charge in [0.1, 0.15) is 12.4 Å².